The van der Waals surface area contributed by atoms with Crippen LogP contribution in [0.25, 0.3) is 0 Å². The topological polar surface area (TPSA) is 75.4 Å². The molecular formula is C13H19N3O2. The smallest absolute Gasteiger partial charge is 0.225 e. The minimum absolute atomic E-state index is 0.0157. The van der Waals surface area contributed by atoms with Gasteiger partial charge < -0.3 is 16.0 Å². The number of nitrogens with one attached hydrogen (secondary N) is 1. The molecule has 3 N–H and O–H groups in total. The molecule has 0 spiro atoms. The summed E-state index contributed by atoms with van der Waals surface area (Å²) in [6, 6.07) is 7.42. The van der Waals surface area contributed by atoms with E-state index in [2.05, 4.69) is 5.32 Å². The number of benzene rings is 1. The van der Waals surface area contributed by atoms with Crippen LogP contribution >= 0.6 is 0 Å². The molecule has 0 saturated heterocycles. The molecule has 18 heavy (non-hydrogen) atoms. The van der Waals surface area contributed by atoms with E-state index in [-0.39, 0.29) is 18.2 Å². The third kappa shape index (κ3) is 4.18. The Labute approximate surface area is 107 Å². The Balaban J connectivity index is 2.79. The highest BCUT2D eigenvalue weighted by Gasteiger charge is 2.09. The molecule has 1 aromatic rings. The summed E-state index contributed by atoms with van der Waals surface area (Å²) in [4.78, 5) is 24.3. The number of carbonyl (C=O) groups excluding carboxylic acids is 2. The predicted octanol–water partition coefficient (Wildman–Crippen LogP) is 0.952. The molecule has 98 valence electrons. The Hall–Kier alpha value is -1.88. The second-order valence-corrected chi connectivity index (χ2v) is 4.12. The van der Waals surface area contributed by atoms with Crippen LogP contribution in [0.4, 0.5) is 5.69 Å². The molecule has 5 nitrogen and oxygen atoms in total. The van der Waals surface area contributed by atoms with Crippen molar-refractivity contribution in [3.05, 3.63) is 29.8 Å². The Morgan fingerprint density at radius 1 is 1.33 bits per heavy atom. The van der Waals surface area contributed by atoms with Crippen molar-refractivity contribution < 1.29 is 9.59 Å². The molecule has 5 heteroatoms. The standard InChI is InChI=1S/C13H19N3O2/c1-10(17)16(2)9-11-5-3-4-6-12(11)15-13(18)7-8-14/h3-6H,7-9,14H2,1-2H3,(H,15,18). The van der Waals surface area contributed by atoms with E-state index < -0.39 is 0 Å². The van der Waals surface area contributed by atoms with Crippen molar-refractivity contribution in [2.24, 2.45) is 5.73 Å². The zero-order valence-corrected chi connectivity index (χ0v) is 10.8. The summed E-state index contributed by atoms with van der Waals surface area (Å²) in [5.74, 6) is -0.131. The summed E-state index contributed by atoms with van der Waals surface area (Å²) in [5, 5.41) is 2.80. The van der Waals surface area contributed by atoms with Crippen LogP contribution in [0.15, 0.2) is 24.3 Å². The number of para-hydroxylation sites is 1. The van der Waals surface area contributed by atoms with Crippen LogP contribution in [0.1, 0.15) is 18.9 Å². The Morgan fingerprint density at radius 2 is 2.00 bits per heavy atom. The first kappa shape index (κ1) is 14.2. The molecule has 0 bridgehead atoms. The largest absolute Gasteiger partial charge is 0.342 e. The quantitative estimate of drug-likeness (QED) is 0.816. The van der Waals surface area contributed by atoms with Gasteiger partial charge in [0, 0.05) is 39.2 Å². The molecule has 0 aliphatic rings. The molecule has 0 aromatic heterocycles. The van der Waals surface area contributed by atoms with Gasteiger partial charge in [-0.25, -0.2) is 0 Å². The maximum Gasteiger partial charge on any atom is 0.225 e. The van der Waals surface area contributed by atoms with E-state index in [1.807, 2.05) is 24.3 Å². The van der Waals surface area contributed by atoms with E-state index in [1.165, 1.54) is 6.92 Å². The predicted molar refractivity (Wildman–Crippen MR) is 70.9 cm³/mol. The van der Waals surface area contributed by atoms with E-state index in [4.69, 9.17) is 5.73 Å². The lowest BCUT2D eigenvalue weighted by Crippen LogP contribution is -2.24. The average Bonchev–Trinajstić information content (AvgIpc) is 2.31. The zero-order chi connectivity index (χ0) is 13.5. The van der Waals surface area contributed by atoms with Gasteiger partial charge in [0.15, 0.2) is 0 Å². The molecule has 0 unspecified atom stereocenters. The first-order chi connectivity index (χ1) is 8.54. The number of anilines is 1. The monoisotopic (exact) mass is 249 g/mol. The highest BCUT2D eigenvalue weighted by molar-refractivity contribution is 5.91. The van der Waals surface area contributed by atoms with Crippen LogP contribution in [0.3, 0.4) is 0 Å². The summed E-state index contributed by atoms with van der Waals surface area (Å²) in [6.07, 6.45) is 0.289. The third-order valence-electron chi connectivity index (χ3n) is 2.61. The number of nitrogens with two attached hydrogens (primary N) is 1. The number of rotatable bonds is 5. The fraction of sp³-hybridized carbons (Fsp3) is 0.385. The normalized spacial score (nSPS) is 9.94. The van der Waals surface area contributed by atoms with Gasteiger partial charge >= 0.3 is 0 Å². The molecular weight excluding hydrogens is 230 g/mol. The van der Waals surface area contributed by atoms with Gasteiger partial charge in [0.2, 0.25) is 11.8 Å². The van der Waals surface area contributed by atoms with Crippen LogP contribution in [-0.4, -0.2) is 30.3 Å². The minimum Gasteiger partial charge on any atom is -0.342 e. The minimum atomic E-state index is -0.115. The molecule has 0 aliphatic heterocycles. The highest BCUT2D eigenvalue weighted by atomic mass is 16.2. The van der Waals surface area contributed by atoms with Gasteiger partial charge in [-0.15, -0.1) is 0 Å². The lowest BCUT2D eigenvalue weighted by Gasteiger charge is -2.17. The fourth-order valence-corrected chi connectivity index (χ4v) is 1.49. The van der Waals surface area contributed by atoms with Gasteiger partial charge in [-0.2, -0.15) is 0 Å². The van der Waals surface area contributed by atoms with Crippen molar-refractivity contribution in [1.82, 2.24) is 4.90 Å². The molecule has 0 saturated carbocycles. The van der Waals surface area contributed by atoms with Gasteiger partial charge in [0.25, 0.3) is 0 Å². The number of carbonyl (C=O) groups is 2. The molecule has 2 amide bonds. The summed E-state index contributed by atoms with van der Waals surface area (Å²) in [5.41, 5.74) is 6.96. The maximum atomic E-state index is 11.5. The van der Waals surface area contributed by atoms with Crippen LogP contribution in [-0.2, 0) is 16.1 Å². The van der Waals surface area contributed by atoms with E-state index in [0.29, 0.717) is 13.1 Å². The van der Waals surface area contributed by atoms with E-state index in [0.717, 1.165) is 11.3 Å². The highest BCUT2D eigenvalue weighted by Crippen LogP contribution is 2.17. The van der Waals surface area contributed by atoms with Crippen molar-refractivity contribution in [3.63, 3.8) is 0 Å². The summed E-state index contributed by atoms with van der Waals surface area (Å²) < 4.78 is 0. The second kappa shape index (κ2) is 6.76. The first-order valence-electron chi connectivity index (χ1n) is 5.84. The van der Waals surface area contributed by atoms with Crippen molar-refractivity contribution >= 4 is 17.5 Å². The maximum absolute atomic E-state index is 11.5. The molecule has 0 atom stereocenters. The van der Waals surface area contributed by atoms with Gasteiger partial charge in [0.05, 0.1) is 0 Å². The number of hydrogen-bond donors (Lipinski definition) is 2. The van der Waals surface area contributed by atoms with Gasteiger partial charge in [-0.1, -0.05) is 18.2 Å². The molecule has 0 aliphatic carbocycles. The SMILES string of the molecule is CC(=O)N(C)Cc1ccccc1NC(=O)CCN. The first-order valence-corrected chi connectivity index (χ1v) is 5.84. The van der Waals surface area contributed by atoms with Crippen LogP contribution in [0, 0.1) is 0 Å². The average molecular weight is 249 g/mol. The Bertz CT molecular complexity index is 432. The number of amides is 2. The third-order valence-corrected chi connectivity index (χ3v) is 2.61. The Kier molecular flexibility index (Phi) is 5.32. The fourth-order valence-electron chi connectivity index (χ4n) is 1.49. The van der Waals surface area contributed by atoms with E-state index >= 15 is 0 Å². The molecule has 0 fully saturated rings. The Morgan fingerprint density at radius 3 is 2.61 bits per heavy atom. The molecule has 0 radical (unpaired) electrons. The second-order valence-electron chi connectivity index (χ2n) is 4.12. The van der Waals surface area contributed by atoms with Crippen molar-refractivity contribution in [2.75, 3.05) is 18.9 Å². The molecule has 0 heterocycles. The van der Waals surface area contributed by atoms with Crippen LogP contribution in [0.2, 0.25) is 0 Å². The van der Waals surface area contributed by atoms with Crippen LogP contribution in [0.5, 0.6) is 0 Å². The van der Waals surface area contributed by atoms with Crippen molar-refractivity contribution in [3.8, 4) is 0 Å². The lowest BCUT2D eigenvalue weighted by molar-refractivity contribution is -0.128. The van der Waals surface area contributed by atoms with Crippen molar-refractivity contribution in [1.29, 1.82) is 0 Å². The summed E-state index contributed by atoms with van der Waals surface area (Å²) in [6.45, 7) is 2.30. The van der Waals surface area contributed by atoms with E-state index in [9.17, 15) is 9.59 Å². The van der Waals surface area contributed by atoms with Crippen molar-refractivity contribution in [2.45, 2.75) is 19.9 Å². The zero-order valence-electron chi connectivity index (χ0n) is 10.8. The summed E-state index contributed by atoms with van der Waals surface area (Å²) in [7, 11) is 1.72. The lowest BCUT2D eigenvalue weighted by atomic mass is 10.1. The van der Waals surface area contributed by atoms with Gasteiger partial charge in [-0.3, -0.25) is 9.59 Å². The van der Waals surface area contributed by atoms with E-state index in [1.54, 1.807) is 11.9 Å². The number of hydrogen-bond acceptors (Lipinski definition) is 3. The summed E-state index contributed by atoms with van der Waals surface area (Å²) >= 11 is 0. The molecule has 1 rings (SSSR count). The van der Waals surface area contributed by atoms with Gasteiger partial charge in [-0.05, 0) is 11.6 Å². The van der Waals surface area contributed by atoms with Crippen LogP contribution < -0.4 is 11.1 Å². The number of nitrogens with zero attached hydrogens (tertiary/aromatic N) is 1. The van der Waals surface area contributed by atoms with Gasteiger partial charge in [0.1, 0.15) is 0 Å². The molecule has 1 aromatic carbocycles.